The van der Waals surface area contributed by atoms with Gasteiger partial charge in [-0.3, -0.25) is 0 Å². The van der Waals surface area contributed by atoms with E-state index in [4.69, 9.17) is 0 Å². The fourth-order valence-corrected chi connectivity index (χ4v) is 4.18. The van der Waals surface area contributed by atoms with Crippen LogP contribution in [0.2, 0.25) is 5.31 Å². The molecule has 0 aromatic carbocycles. The summed E-state index contributed by atoms with van der Waals surface area (Å²) in [6, 6.07) is 0. The summed E-state index contributed by atoms with van der Waals surface area (Å²) in [5, 5.41) is 1.33. The van der Waals surface area contributed by atoms with Crippen LogP contribution in [0.1, 0.15) is 27.2 Å². The molecule has 3 heteroatoms. The fraction of sp³-hybridized carbons (Fsp3) is 1.00. The van der Waals surface area contributed by atoms with Gasteiger partial charge in [0, 0.05) is 0 Å². The van der Waals surface area contributed by atoms with Crippen LogP contribution < -0.4 is 0 Å². The van der Waals surface area contributed by atoms with Crippen molar-refractivity contribution in [3.63, 3.8) is 0 Å². The molecule has 1 aliphatic heterocycles. The predicted octanol–water partition coefficient (Wildman–Crippen LogP) is 3.14. The second-order valence-electron chi connectivity index (χ2n) is 3.79. The van der Waals surface area contributed by atoms with Crippen molar-refractivity contribution >= 4 is 28.5 Å². The molecule has 0 radical (unpaired) electrons. The van der Waals surface area contributed by atoms with Gasteiger partial charge in [-0.25, -0.2) is 0 Å². The third-order valence-corrected chi connectivity index (χ3v) is 5.42. The van der Waals surface area contributed by atoms with E-state index in [2.05, 4.69) is 44.0 Å². The molecule has 1 aliphatic rings. The minimum atomic E-state index is 0.496. The summed E-state index contributed by atoms with van der Waals surface area (Å²) >= 11 is 4.27. The minimum absolute atomic E-state index is 0.496. The van der Waals surface area contributed by atoms with Gasteiger partial charge >= 0.3 is 0 Å². The highest BCUT2D eigenvalue weighted by atomic mass is 32.2. The molecule has 10 heavy (non-hydrogen) atoms. The van der Waals surface area contributed by atoms with Crippen LogP contribution in [0, 0.1) is 0 Å². The molecule has 0 nitrogen and oxygen atoms in total. The zero-order chi connectivity index (χ0) is 7.61. The van der Waals surface area contributed by atoms with Gasteiger partial charge in [0.1, 0.15) is 0 Å². The summed E-state index contributed by atoms with van der Waals surface area (Å²) in [7, 11) is 0. The Balaban J connectivity index is 2.39. The van der Waals surface area contributed by atoms with Crippen LogP contribution in [0.25, 0.3) is 0 Å². The Morgan fingerprint density at radius 2 is 1.60 bits per heavy atom. The number of hydrogen-bond donors (Lipinski definition) is 0. The van der Waals surface area contributed by atoms with Gasteiger partial charge in [0.05, 0.1) is 0 Å². The first-order valence-electron chi connectivity index (χ1n) is 3.84. The monoisotopic (exact) mass is 174 g/mol. The molecule has 0 aromatic rings. The van der Waals surface area contributed by atoms with Crippen LogP contribution in [0.3, 0.4) is 0 Å². The number of hydrogen-bond acceptors (Lipinski definition) is 2. The van der Waals surface area contributed by atoms with Crippen molar-refractivity contribution in [2.45, 2.75) is 32.5 Å². The number of rotatable bonds is 0. The molecule has 0 aromatic heterocycles. The molecule has 0 amide bonds. The second-order valence-corrected chi connectivity index (χ2v) is 6.52. The maximum atomic E-state index is 2.34. The van der Waals surface area contributed by atoms with Crippen LogP contribution in [0.4, 0.5) is 0 Å². The van der Waals surface area contributed by atoms with Crippen molar-refractivity contribution in [3.8, 4) is 0 Å². The minimum Gasteiger partial charge on any atom is -0.195 e. The molecule has 1 heterocycles. The van der Waals surface area contributed by atoms with E-state index >= 15 is 0 Å². The topological polar surface area (TPSA) is 0 Å². The van der Waals surface area contributed by atoms with Crippen LogP contribution in [-0.4, -0.2) is 16.8 Å². The molecule has 0 spiro atoms. The third-order valence-electron chi connectivity index (χ3n) is 1.53. The Morgan fingerprint density at radius 3 is 1.90 bits per heavy atom. The molecule has 58 valence electrons. The summed E-state index contributed by atoms with van der Waals surface area (Å²) in [6.07, 6.45) is 1.40. The van der Waals surface area contributed by atoms with Crippen LogP contribution in [0.15, 0.2) is 0 Å². The Hall–Kier alpha value is 0.765. The van der Waals surface area contributed by atoms with E-state index in [1.165, 1.54) is 17.9 Å². The van der Waals surface area contributed by atoms with Gasteiger partial charge in [-0.1, -0.05) is 20.8 Å². The molecule has 1 rings (SSSR count). The predicted molar refractivity (Wildman–Crippen MR) is 55.0 cm³/mol. The Labute approximate surface area is 72.8 Å². The van der Waals surface area contributed by atoms with Gasteiger partial charge in [-0.05, 0) is 23.2 Å². The van der Waals surface area contributed by atoms with Gasteiger partial charge in [0.25, 0.3) is 5.27 Å². The van der Waals surface area contributed by atoms with E-state index in [9.17, 15) is 0 Å². The van der Waals surface area contributed by atoms with E-state index in [0.717, 1.165) is 5.27 Å². The average molecular weight is 174 g/mol. The van der Waals surface area contributed by atoms with Gasteiger partial charge in [0.15, 0.2) is 0 Å². The summed E-state index contributed by atoms with van der Waals surface area (Å²) < 4.78 is 0. The van der Waals surface area contributed by atoms with Crippen LogP contribution in [0.5, 0.6) is 0 Å². The van der Waals surface area contributed by atoms with Crippen LogP contribution in [-0.2, 0) is 0 Å². The largest absolute Gasteiger partial charge is 0.279 e. The highest BCUT2D eigenvalue weighted by molar-refractivity contribution is 8.54. The summed E-state index contributed by atoms with van der Waals surface area (Å²) in [6.45, 7) is 7.01. The summed E-state index contributed by atoms with van der Waals surface area (Å²) in [4.78, 5) is 0. The SMILES string of the molecule is CC(C)(C)B1SCCCS1. The standard InChI is InChI=1S/C7H15BS2/c1-7(2,3)8-9-5-4-6-10-8/h4-6H2,1-3H3. The van der Waals surface area contributed by atoms with Gasteiger partial charge in [0.2, 0.25) is 0 Å². The zero-order valence-corrected chi connectivity index (χ0v) is 8.65. The van der Waals surface area contributed by atoms with Crippen molar-refractivity contribution in [2.24, 2.45) is 0 Å². The lowest BCUT2D eigenvalue weighted by Gasteiger charge is -2.29. The van der Waals surface area contributed by atoms with Gasteiger partial charge in [-0.2, -0.15) is 23.2 Å². The Kier molecular flexibility index (Phi) is 3.05. The Morgan fingerprint density at radius 1 is 1.10 bits per heavy atom. The third kappa shape index (κ3) is 2.42. The smallest absolute Gasteiger partial charge is 0.195 e. The van der Waals surface area contributed by atoms with Crippen molar-refractivity contribution < 1.29 is 0 Å². The molecule has 1 fully saturated rings. The molecule has 0 unspecified atom stereocenters. The molecular weight excluding hydrogens is 159 g/mol. The van der Waals surface area contributed by atoms with Crippen molar-refractivity contribution in [1.82, 2.24) is 0 Å². The van der Waals surface area contributed by atoms with Crippen molar-refractivity contribution in [3.05, 3.63) is 0 Å². The van der Waals surface area contributed by atoms with E-state index in [1.54, 1.807) is 0 Å². The first-order chi connectivity index (χ1) is 4.61. The highest BCUT2D eigenvalue weighted by Gasteiger charge is 2.31. The summed E-state index contributed by atoms with van der Waals surface area (Å²) in [5.74, 6) is 2.74. The molecule has 0 aliphatic carbocycles. The zero-order valence-electron chi connectivity index (χ0n) is 7.02. The van der Waals surface area contributed by atoms with Crippen LogP contribution >= 0.6 is 23.2 Å². The molecule has 0 bridgehead atoms. The highest BCUT2D eigenvalue weighted by Crippen LogP contribution is 2.42. The van der Waals surface area contributed by atoms with Crippen molar-refractivity contribution in [1.29, 1.82) is 0 Å². The van der Waals surface area contributed by atoms with Crippen molar-refractivity contribution in [2.75, 3.05) is 11.5 Å². The summed E-state index contributed by atoms with van der Waals surface area (Å²) in [5.41, 5.74) is 0. The quantitative estimate of drug-likeness (QED) is 0.517. The molecule has 0 N–H and O–H groups in total. The van der Waals surface area contributed by atoms with E-state index in [-0.39, 0.29) is 0 Å². The molecule has 0 saturated carbocycles. The molecular formula is C7H15BS2. The van der Waals surface area contributed by atoms with E-state index < -0.39 is 0 Å². The lowest BCUT2D eigenvalue weighted by Crippen LogP contribution is -2.22. The first kappa shape index (κ1) is 8.86. The lowest BCUT2D eigenvalue weighted by molar-refractivity contribution is 0.760. The van der Waals surface area contributed by atoms with E-state index in [0.29, 0.717) is 5.31 Å². The first-order valence-corrected chi connectivity index (χ1v) is 5.93. The molecule has 0 atom stereocenters. The Bertz CT molecular complexity index is 103. The maximum absolute atomic E-state index is 2.34. The second kappa shape index (κ2) is 3.44. The maximum Gasteiger partial charge on any atom is 0.279 e. The molecule has 1 saturated heterocycles. The lowest BCUT2D eigenvalue weighted by atomic mass is 9.71. The normalized spacial score (nSPS) is 21.3. The average Bonchev–Trinajstić information content (AvgIpc) is 1.88. The van der Waals surface area contributed by atoms with E-state index in [1.807, 2.05) is 0 Å². The van der Waals surface area contributed by atoms with Gasteiger partial charge < -0.3 is 0 Å². The fourth-order valence-electron chi connectivity index (χ4n) is 0.988. The van der Waals surface area contributed by atoms with Gasteiger partial charge in [-0.15, -0.1) is 0 Å².